The molecule has 3 rings (SSSR count). The van der Waals surface area contributed by atoms with Crippen molar-refractivity contribution in [3.05, 3.63) is 72.2 Å². The molecule has 3 aromatic rings. The highest BCUT2D eigenvalue weighted by atomic mass is 16.4. The fourth-order valence-corrected chi connectivity index (χ4v) is 2.15. The molecular formula is C19H18N2O. The number of rotatable bonds is 4. The maximum absolute atomic E-state index is 5.75. The average Bonchev–Trinajstić information content (AvgIpc) is 3.03. The van der Waals surface area contributed by atoms with Gasteiger partial charge in [0, 0.05) is 31.4 Å². The lowest BCUT2D eigenvalue weighted by Crippen LogP contribution is -2.07. The monoisotopic (exact) mass is 290 g/mol. The van der Waals surface area contributed by atoms with Crippen LogP contribution in [-0.2, 0) is 0 Å². The van der Waals surface area contributed by atoms with Crippen molar-refractivity contribution in [3.63, 3.8) is 0 Å². The second-order valence-electron chi connectivity index (χ2n) is 5.25. The summed E-state index contributed by atoms with van der Waals surface area (Å²) >= 11 is 0. The van der Waals surface area contributed by atoms with E-state index in [1.807, 2.05) is 56.6 Å². The zero-order chi connectivity index (χ0) is 15.4. The predicted molar refractivity (Wildman–Crippen MR) is 91.6 cm³/mol. The highest BCUT2D eigenvalue weighted by Gasteiger charge is 2.03. The summed E-state index contributed by atoms with van der Waals surface area (Å²) in [6.07, 6.45) is 5.64. The first kappa shape index (κ1) is 14.1. The van der Waals surface area contributed by atoms with Gasteiger partial charge >= 0.3 is 0 Å². The molecule has 1 heterocycles. The Morgan fingerprint density at radius 2 is 1.64 bits per heavy atom. The second kappa shape index (κ2) is 6.31. The van der Waals surface area contributed by atoms with Crippen LogP contribution in [0.25, 0.3) is 23.5 Å². The molecular weight excluding hydrogens is 272 g/mol. The minimum absolute atomic E-state index is 0.607. The SMILES string of the molecule is CN(C)c1ccc(C=Cc2ncc(-c3ccccc3)o2)cc1. The third-order valence-corrected chi connectivity index (χ3v) is 3.41. The van der Waals surface area contributed by atoms with E-state index in [2.05, 4.69) is 34.1 Å². The van der Waals surface area contributed by atoms with Crippen LogP contribution in [0, 0.1) is 0 Å². The van der Waals surface area contributed by atoms with E-state index in [4.69, 9.17) is 4.42 Å². The van der Waals surface area contributed by atoms with E-state index in [9.17, 15) is 0 Å². The van der Waals surface area contributed by atoms with Crippen molar-refractivity contribution in [2.75, 3.05) is 19.0 Å². The zero-order valence-corrected chi connectivity index (χ0v) is 12.7. The molecule has 0 atom stereocenters. The standard InChI is InChI=1S/C19H18N2O/c1-21(2)17-11-8-15(9-12-17)10-13-19-20-14-18(22-19)16-6-4-3-5-7-16/h3-14H,1-2H3. The van der Waals surface area contributed by atoms with E-state index in [0.29, 0.717) is 5.89 Å². The molecule has 0 fully saturated rings. The van der Waals surface area contributed by atoms with E-state index >= 15 is 0 Å². The van der Waals surface area contributed by atoms with Gasteiger partial charge in [0.25, 0.3) is 0 Å². The van der Waals surface area contributed by atoms with Crippen molar-refractivity contribution in [1.82, 2.24) is 4.98 Å². The van der Waals surface area contributed by atoms with Crippen molar-refractivity contribution >= 4 is 17.8 Å². The number of benzene rings is 2. The maximum atomic E-state index is 5.75. The van der Waals surface area contributed by atoms with Crippen LogP contribution in [0.3, 0.4) is 0 Å². The first-order chi connectivity index (χ1) is 10.7. The molecule has 0 unspecified atom stereocenters. The molecule has 22 heavy (non-hydrogen) atoms. The molecule has 0 saturated heterocycles. The molecule has 0 spiro atoms. The highest BCUT2D eigenvalue weighted by molar-refractivity contribution is 5.68. The Balaban J connectivity index is 1.74. The Morgan fingerprint density at radius 1 is 0.909 bits per heavy atom. The van der Waals surface area contributed by atoms with Crippen molar-refractivity contribution in [1.29, 1.82) is 0 Å². The van der Waals surface area contributed by atoms with E-state index < -0.39 is 0 Å². The number of oxazole rings is 1. The Bertz CT molecular complexity index is 756. The molecule has 0 radical (unpaired) electrons. The summed E-state index contributed by atoms with van der Waals surface area (Å²) in [7, 11) is 4.06. The summed E-state index contributed by atoms with van der Waals surface area (Å²) in [6, 6.07) is 18.3. The largest absolute Gasteiger partial charge is 0.437 e. The van der Waals surface area contributed by atoms with E-state index in [1.165, 1.54) is 5.69 Å². The molecule has 110 valence electrons. The molecule has 0 bridgehead atoms. The van der Waals surface area contributed by atoms with Crippen LogP contribution in [0.2, 0.25) is 0 Å². The molecule has 0 aliphatic heterocycles. The van der Waals surface area contributed by atoms with Gasteiger partial charge in [-0.25, -0.2) is 4.98 Å². The summed E-state index contributed by atoms with van der Waals surface area (Å²) < 4.78 is 5.75. The van der Waals surface area contributed by atoms with Crippen LogP contribution in [0.5, 0.6) is 0 Å². The van der Waals surface area contributed by atoms with Gasteiger partial charge in [0.2, 0.25) is 5.89 Å². The van der Waals surface area contributed by atoms with E-state index in [1.54, 1.807) is 6.20 Å². The molecule has 0 amide bonds. The predicted octanol–water partition coefficient (Wildman–Crippen LogP) is 4.58. The Hall–Kier alpha value is -2.81. The fourth-order valence-electron chi connectivity index (χ4n) is 2.15. The quantitative estimate of drug-likeness (QED) is 0.704. The van der Waals surface area contributed by atoms with Gasteiger partial charge < -0.3 is 9.32 Å². The number of hydrogen-bond donors (Lipinski definition) is 0. The topological polar surface area (TPSA) is 29.3 Å². The van der Waals surface area contributed by atoms with Gasteiger partial charge in [-0.2, -0.15) is 0 Å². The van der Waals surface area contributed by atoms with Crippen molar-refractivity contribution in [2.24, 2.45) is 0 Å². The molecule has 0 saturated carbocycles. The minimum atomic E-state index is 0.607. The Morgan fingerprint density at radius 3 is 2.32 bits per heavy atom. The van der Waals surface area contributed by atoms with Gasteiger partial charge in [0.05, 0.1) is 6.20 Å². The highest BCUT2D eigenvalue weighted by Crippen LogP contribution is 2.21. The fraction of sp³-hybridized carbons (Fsp3) is 0.105. The van der Waals surface area contributed by atoms with Gasteiger partial charge in [-0.3, -0.25) is 0 Å². The zero-order valence-electron chi connectivity index (χ0n) is 12.7. The summed E-state index contributed by atoms with van der Waals surface area (Å²) in [5.74, 6) is 1.39. The van der Waals surface area contributed by atoms with Crippen molar-refractivity contribution in [3.8, 4) is 11.3 Å². The van der Waals surface area contributed by atoms with Gasteiger partial charge in [-0.1, -0.05) is 42.5 Å². The van der Waals surface area contributed by atoms with Gasteiger partial charge in [0.1, 0.15) is 0 Å². The van der Waals surface area contributed by atoms with Crippen LogP contribution < -0.4 is 4.90 Å². The lowest BCUT2D eigenvalue weighted by atomic mass is 10.2. The summed E-state index contributed by atoms with van der Waals surface area (Å²) in [5.41, 5.74) is 3.33. The minimum Gasteiger partial charge on any atom is -0.437 e. The first-order valence-electron chi connectivity index (χ1n) is 7.19. The average molecular weight is 290 g/mol. The number of nitrogens with zero attached hydrogens (tertiary/aromatic N) is 2. The molecule has 3 nitrogen and oxygen atoms in total. The third kappa shape index (κ3) is 3.26. The maximum Gasteiger partial charge on any atom is 0.219 e. The molecule has 1 aromatic heterocycles. The Labute approximate surface area is 130 Å². The third-order valence-electron chi connectivity index (χ3n) is 3.41. The van der Waals surface area contributed by atoms with Crippen LogP contribution in [0.15, 0.2) is 65.2 Å². The molecule has 2 aromatic carbocycles. The lowest BCUT2D eigenvalue weighted by molar-refractivity contribution is 0.560. The van der Waals surface area contributed by atoms with Crippen molar-refractivity contribution < 1.29 is 4.42 Å². The van der Waals surface area contributed by atoms with Crippen LogP contribution in [0.4, 0.5) is 5.69 Å². The molecule has 0 aliphatic carbocycles. The van der Waals surface area contributed by atoms with Crippen molar-refractivity contribution in [2.45, 2.75) is 0 Å². The van der Waals surface area contributed by atoms with E-state index in [0.717, 1.165) is 16.9 Å². The molecule has 0 aliphatic rings. The number of anilines is 1. The smallest absolute Gasteiger partial charge is 0.219 e. The molecule has 3 heteroatoms. The van der Waals surface area contributed by atoms with Gasteiger partial charge in [-0.15, -0.1) is 0 Å². The summed E-state index contributed by atoms with van der Waals surface area (Å²) in [4.78, 5) is 6.37. The summed E-state index contributed by atoms with van der Waals surface area (Å²) in [6.45, 7) is 0. The van der Waals surface area contributed by atoms with Crippen LogP contribution in [-0.4, -0.2) is 19.1 Å². The van der Waals surface area contributed by atoms with Gasteiger partial charge in [-0.05, 0) is 23.8 Å². The Kier molecular flexibility index (Phi) is 4.05. The normalized spacial score (nSPS) is 11.0. The summed E-state index contributed by atoms with van der Waals surface area (Å²) in [5, 5.41) is 0. The van der Waals surface area contributed by atoms with Crippen LogP contribution >= 0.6 is 0 Å². The number of hydrogen-bond acceptors (Lipinski definition) is 3. The second-order valence-corrected chi connectivity index (χ2v) is 5.25. The molecule has 0 N–H and O–H groups in total. The van der Waals surface area contributed by atoms with E-state index in [-0.39, 0.29) is 0 Å². The first-order valence-corrected chi connectivity index (χ1v) is 7.19. The number of aromatic nitrogens is 1. The van der Waals surface area contributed by atoms with Gasteiger partial charge in [0.15, 0.2) is 5.76 Å². The lowest BCUT2D eigenvalue weighted by Gasteiger charge is -2.11. The van der Waals surface area contributed by atoms with Crippen LogP contribution in [0.1, 0.15) is 11.5 Å².